The number of aromatic nitrogens is 2. The number of rotatable bonds is 6. The zero-order valence-corrected chi connectivity index (χ0v) is 16.6. The Morgan fingerprint density at radius 2 is 1.73 bits per heavy atom. The Bertz CT molecular complexity index is 1230. The van der Waals surface area contributed by atoms with E-state index in [0.29, 0.717) is 0 Å². The van der Waals surface area contributed by atoms with Crippen molar-refractivity contribution in [3.63, 3.8) is 0 Å². The average molecular weight is 407 g/mol. The van der Waals surface area contributed by atoms with Gasteiger partial charge in [-0.05, 0) is 24.6 Å². The number of esters is 1. The molecule has 2 aromatic carbocycles. The first kappa shape index (κ1) is 20.8. The minimum Gasteiger partial charge on any atom is -0.454 e. The first-order valence-corrected chi connectivity index (χ1v) is 9.19. The molecular formula is C22H21N3O5. The molecule has 0 saturated heterocycles. The summed E-state index contributed by atoms with van der Waals surface area (Å²) in [6, 6.07) is 15.7. The number of Topliss-reactive ketones (excluding diaryl/α,β-unsaturated/α-hetero) is 1. The van der Waals surface area contributed by atoms with Gasteiger partial charge in [-0.3, -0.25) is 18.7 Å². The maximum Gasteiger partial charge on any atom is 0.338 e. The summed E-state index contributed by atoms with van der Waals surface area (Å²) < 4.78 is 7.02. The second-order valence-electron chi connectivity index (χ2n) is 6.85. The predicted molar refractivity (Wildman–Crippen MR) is 112 cm³/mol. The van der Waals surface area contributed by atoms with Gasteiger partial charge in [0.05, 0.1) is 12.1 Å². The molecule has 1 aromatic heterocycles. The molecule has 0 atom stereocenters. The van der Waals surface area contributed by atoms with Crippen LogP contribution >= 0.6 is 0 Å². The van der Waals surface area contributed by atoms with E-state index in [-0.39, 0.29) is 23.5 Å². The summed E-state index contributed by atoms with van der Waals surface area (Å²) in [6.07, 6.45) is 0. The van der Waals surface area contributed by atoms with E-state index >= 15 is 0 Å². The number of hydrogen-bond donors (Lipinski definition) is 1. The van der Waals surface area contributed by atoms with Crippen molar-refractivity contribution in [2.45, 2.75) is 13.5 Å². The quantitative estimate of drug-likeness (QED) is 0.490. The highest BCUT2D eigenvalue weighted by molar-refractivity contribution is 6.02. The molecule has 154 valence electrons. The van der Waals surface area contributed by atoms with Crippen molar-refractivity contribution in [1.82, 2.24) is 9.13 Å². The Hall–Kier alpha value is -3.94. The monoisotopic (exact) mass is 407 g/mol. The van der Waals surface area contributed by atoms with Gasteiger partial charge in [0, 0.05) is 7.05 Å². The van der Waals surface area contributed by atoms with Gasteiger partial charge < -0.3 is 10.5 Å². The van der Waals surface area contributed by atoms with Crippen LogP contribution in [0.15, 0.2) is 64.2 Å². The fourth-order valence-electron chi connectivity index (χ4n) is 3.02. The number of ether oxygens (including phenoxy) is 1. The molecule has 0 radical (unpaired) electrons. The number of nitrogen functional groups attached to an aromatic ring is 1. The molecule has 0 spiro atoms. The van der Waals surface area contributed by atoms with Gasteiger partial charge >= 0.3 is 11.7 Å². The maximum absolute atomic E-state index is 12.7. The van der Waals surface area contributed by atoms with E-state index in [0.717, 1.165) is 20.3 Å². The smallest absolute Gasteiger partial charge is 0.338 e. The third-order valence-corrected chi connectivity index (χ3v) is 4.63. The number of anilines is 1. The minimum atomic E-state index is -0.835. The van der Waals surface area contributed by atoms with E-state index in [2.05, 4.69) is 0 Å². The van der Waals surface area contributed by atoms with Crippen LogP contribution in [0.5, 0.6) is 0 Å². The molecule has 3 aromatic rings. The van der Waals surface area contributed by atoms with Crippen LogP contribution in [-0.2, 0) is 18.3 Å². The topological polar surface area (TPSA) is 113 Å². The number of aryl methyl sites for hydroxylation is 1. The Morgan fingerprint density at radius 3 is 2.40 bits per heavy atom. The Kier molecular flexibility index (Phi) is 5.96. The number of ketones is 1. The zero-order valence-electron chi connectivity index (χ0n) is 16.6. The summed E-state index contributed by atoms with van der Waals surface area (Å²) in [4.78, 5) is 49.9. The van der Waals surface area contributed by atoms with Gasteiger partial charge in [0.2, 0.25) is 5.78 Å². The molecule has 0 saturated carbocycles. The summed E-state index contributed by atoms with van der Waals surface area (Å²) in [7, 11) is 1.27. The predicted octanol–water partition coefficient (Wildman–Crippen LogP) is 1.53. The lowest BCUT2D eigenvalue weighted by Gasteiger charge is -2.14. The number of nitrogens with two attached hydrogens (primary N) is 1. The normalized spacial score (nSPS) is 10.6. The van der Waals surface area contributed by atoms with E-state index in [1.807, 2.05) is 19.1 Å². The van der Waals surface area contributed by atoms with Crippen LogP contribution in [0.25, 0.3) is 0 Å². The Labute approximate surface area is 172 Å². The lowest BCUT2D eigenvalue weighted by Crippen LogP contribution is -2.43. The van der Waals surface area contributed by atoms with E-state index in [1.54, 1.807) is 42.5 Å². The van der Waals surface area contributed by atoms with Crippen LogP contribution in [0, 0.1) is 6.92 Å². The lowest BCUT2D eigenvalue weighted by atomic mass is 10.1. The number of carbonyl (C=O) groups excluding carboxylic acids is 2. The summed E-state index contributed by atoms with van der Waals surface area (Å²) in [6.45, 7) is 1.24. The first-order valence-electron chi connectivity index (χ1n) is 9.19. The highest BCUT2D eigenvalue weighted by Crippen LogP contribution is 2.11. The molecule has 8 heteroatoms. The lowest BCUT2D eigenvalue weighted by molar-refractivity contribution is 0.0474. The number of benzene rings is 2. The zero-order chi connectivity index (χ0) is 21.8. The molecule has 0 bridgehead atoms. The van der Waals surface area contributed by atoms with Crippen molar-refractivity contribution < 1.29 is 14.3 Å². The van der Waals surface area contributed by atoms with Crippen molar-refractivity contribution in [1.29, 1.82) is 0 Å². The van der Waals surface area contributed by atoms with E-state index < -0.39 is 29.6 Å². The molecular weight excluding hydrogens is 386 g/mol. The second kappa shape index (κ2) is 8.60. The standard InChI is InChI=1S/C22H21N3O5/c1-14-7-6-10-16(11-14)21(28)30-13-17(26)18-19(23)25(22(29)24(2)20(18)27)12-15-8-4-3-5-9-15/h3-11H,12-13,23H2,1-2H3. The van der Waals surface area contributed by atoms with Gasteiger partial charge in [0.15, 0.2) is 6.61 Å². The Morgan fingerprint density at radius 1 is 1.03 bits per heavy atom. The van der Waals surface area contributed by atoms with Gasteiger partial charge in [0.1, 0.15) is 11.4 Å². The Balaban J connectivity index is 1.89. The van der Waals surface area contributed by atoms with Crippen LogP contribution in [0.2, 0.25) is 0 Å². The van der Waals surface area contributed by atoms with Gasteiger partial charge in [0.25, 0.3) is 5.56 Å². The summed E-state index contributed by atoms with van der Waals surface area (Å²) in [5.74, 6) is -1.74. The highest BCUT2D eigenvalue weighted by Gasteiger charge is 2.23. The molecule has 30 heavy (non-hydrogen) atoms. The van der Waals surface area contributed by atoms with Gasteiger partial charge in [-0.2, -0.15) is 0 Å². The first-order chi connectivity index (χ1) is 14.3. The fourth-order valence-corrected chi connectivity index (χ4v) is 3.02. The van der Waals surface area contributed by atoms with Crippen molar-refractivity contribution in [2.24, 2.45) is 7.05 Å². The SMILES string of the molecule is Cc1cccc(C(=O)OCC(=O)c2c(N)n(Cc3ccccc3)c(=O)n(C)c2=O)c1. The van der Waals surface area contributed by atoms with Crippen LogP contribution < -0.4 is 17.0 Å². The largest absolute Gasteiger partial charge is 0.454 e. The van der Waals surface area contributed by atoms with Crippen molar-refractivity contribution in [3.8, 4) is 0 Å². The molecule has 0 aliphatic heterocycles. The second-order valence-corrected chi connectivity index (χ2v) is 6.85. The third kappa shape index (κ3) is 4.22. The molecule has 1 heterocycles. The molecule has 0 amide bonds. The van der Waals surface area contributed by atoms with Gasteiger partial charge in [-0.15, -0.1) is 0 Å². The van der Waals surface area contributed by atoms with Crippen molar-refractivity contribution >= 4 is 17.6 Å². The maximum atomic E-state index is 12.7. The van der Waals surface area contributed by atoms with Crippen LogP contribution in [-0.4, -0.2) is 27.5 Å². The van der Waals surface area contributed by atoms with Crippen LogP contribution in [0.1, 0.15) is 31.8 Å². The highest BCUT2D eigenvalue weighted by atomic mass is 16.5. The number of nitrogens with zero attached hydrogens (tertiary/aromatic N) is 2. The van der Waals surface area contributed by atoms with Gasteiger partial charge in [-0.1, -0.05) is 48.0 Å². The molecule has 8 nitrogen and oxygen atoms in total. The van der Waals surface area contributed by atoms with Crippen LogP contribution in [0.4, 0.5) is 5.82 Å². The molecule has 0 aliphatic carbocycles. The fraction of sp³-hybridized carbons (Fsp3) is 0.182. The third-order valence-electron chi connectivity index (χ3n) is 4.63. The molecule has 0 fully saturated rings. The molecule has 0 aliphatic rings. The minimum absolute atomic E-state index is 0.0863. The van der Waals surface area contributed by atoms with E-state index in [1.165, 1.54) is 7.05 Å². The van der Waals surface area contributed by atoms with Crippen molar-refractivity contribution in [3.05, 3.63) is 97.7 Å². The molecule has 0 unspecified atom stereocenters. The molecule has 3 rings (SSSR count). The number of carbonyl (C=O) groups is 2. The summed E-state index contributed by atoms with van der Waals surface area (Å²) in [5.41, 5.74) is 6.09. The number of hydrogen-bond acceptors (Lipinski definition) is 6. The summed E-state index contributed by atoms with van der Waals surface area (Å²) in [5, 5.41) is 0. The van der Waals surface area contributed by atoms with E-state index in [4.69, 9.17) is 10.5 Å². The average Bonchev–Trinajstić information content (AvgIpc) is 2.74. The summed E-state index contributed by atoms with van der Waals surface area (Å²) >= 11 is 0. The van der Waals surface area contributed by atoms with Crippen molar-refractivity contribution in [2.75, 3.05) is 12.3 Å². The van der Waals surface area contributed by atoms with E-state index in [9.17, 15) is 19.2 Å². The molecule has 2 N–H and O–H groups in total. The van der Waals surface area contributed by atoms with Crippen LogP contribution in [0.3, 0.4) is 0 Å². The van der Waals surface area contributed by atoms with Gasteiger partial charge in [-0.25, -0.2) is 9.59 Å².